The molecule has 4 heteroatoms. The average molecular weight is 272 g/mol. The summed E-state index contributed by atoms with van der Waals surface area (Å²) >= 11 is 1.66. The Bertz CT molecular complexity index is 653. The Hall–Kier alpha value is -1.65. The largest absolute Gasteiger partial charge is 0.466 e. The zero-order chi connectivity index (χ0) is 13.2. The van der Waals surface area contributed by atoms with Gasteiger partial charge in [-0.05, 0) is 24.3 Å². The van der Waals surface area contributed by atoms with Crippen LogP contribution in [0.3, 0.4) is 0 Å². The molecule has 2 N–H and O–H groups in total. The maximum absolute atomic E-state index is 6.23. The Morgan fingerprint density at radius 1 is 1.21 bits per heavy atom. The van der Waals surface area contributed by atoms with Crippen LogP contribution in [0, 0.1) is 0 Å². The van der Waals surface area contributed by atoms with Crippen molar-refractivity contribution in [3.8, 4) is 0 Å². The third-order valence-corrected chi connectivity index (χ3v) is 4.28. The lowest BCUT2D eigenvalue weighted by Crippen LogP contribution is -2.12. The molecule has 1 aromatic carbocycles. The minimum atomic E-state index is -0.103. The van der Waals surface area contributed by atoms with Crippen molar-refractivity contribution in [2.45, 2.75) is 25.8 Å². The Labute approximate surface area is 116 Å². The van der Waals surface area contributed by atoms with Crippen LogP contribution in [0.4, 0.5) is 0 Å². The predicted molar refractivity (Wildman–Crippen MR) is 78.3 cm³/mol. The molecule has 0 fully saturated rings. The number of hydrogen-bond acceptors (Lipinski definition) is 4. The number of nitrogens with zero attached hydrogens (tertiary/aromatic N) is 1. The molecule has 0 spiro atoms. The molecule has 19 heavy (non-hydrogen) atoms. The summed E-state index contributed by atoms with van der Waals surface area (Å²) in [4.78, 5) is 4.59. The second-order valence-corrected chi connectivity index (χ2v) is 5.61. The van der Waals surface area contributed by atoms with Crippen molar-refractivity contribution in [3.05, 3.63) is 52.9 Å². The second kappa shape index (κ2) is 5.15. The van der Waals surface area contributed by atoms with Crippen molar-refractivity contribution in [1.82, 2.24) is 4.98 Å². The molecule has 1 atom stereocenters. The van der Waals surface area contributed by atoms with Crippen LogP contribution >= 0.6 is 11.3 Å². The smallest absolute Gasteiger partial charge is 0.111 e. The van der Waals surface area contributed by atoms with Gasteiger partial charge < -0.3 is 10.2 Å². The van der Waals surface area contributed by atoms with Gasteiger partial charge in [0.25, 0.3) is 0 Å². The molecule has 98 valence electrons. The number of rotatable bonds is 4. The van der Waals surface area contributed by atoms with E-state index in [9.17, 15) is 0 Å². The molecule has 0 radical (unpaired) electrons. The minimum Gasteiger partial charge on any atom is -0.466 e. The van der Waals surface area contributed by atoms with E-state index in [1.54, 1.807) is 11.3 Å². The first-order valence-electron chi connectivity index (χ1n) is 6.45. The van der Waals surface area contributed by atoms with Gasteiger partial charge in [-0.15, -0.1) is 11.3 Å². The first-order chi connectivity index (χ1) is 9.26. The number of hydrogen-bond donors (Lipinski definition) is 1. The minimum absolute atomic E-state index is 0.103. The lowest BCUT2D eigenvalue weighted by molar-refractivity contribution is 0.454. The fraction of sp³-hybridized carbons (Fsp3) is 0.267. The van der Waals surface area contributed by atoms with E-state index >= 15 is 0 Å². The highest BCUT2D eigenvalue weighted by Gasteiger charge is 2.14. The molecule has 2 heterocycles. The van der Waals surface area contributed by atoms with E-state index in [4.69, 9.17) is 10.2 Å². The van der Waals surface area contributed by atoms with E-state index in [0.29, 0.717) is 6.42 Å². The molecule has 1 unspecified atom stereocenters. The highest BCUT2D eigenvalue weighted by atomic mass is 32.1. The van der Waals surface area contributed by atoms with Gasteiger partial charge in [0.05, 0.1) is 16.3 Å². The van der Waals surface area contributed by atoms with Gasteiger partial charge in [0.15, 0.2) is 0 Å². The van der Waals surface area contributed by atoms with Crippen molar-refractivity contribution >= 4 is 21.6 Å². The normalized spacial score (nSPS) is 12.9. The summed E-state index contributed by atoms with van der Waals surface area (Å²) in [7, 11) is 0. The number of nitrogens with two attached hydrogens (primary N) is 1. The zero-order valence-electron chi connectivity index (χ0n) is 10.8. The van der Waals surface area contributed by atoms with Crippen LogP contribution < -0.4 is 5.73 Å². The van der Waals surface area contributed by atoms with E-state index in [2.05, 4.69) is 18.0 Å². The number of benzene rings is 1. The molecular weight excluding hydrogens is 256 g/mol. The number of thiazole rings is 1. The first kappa shape index (κ1) is 12.4. The van der Waals surface area contributed by atoms with Crippen molar-refractivity contribution in [3.63, 3.8) is 0 Å². The van der Waals surface area contributed by atoms with E-state index in [1.807, 2.05) is 30.3 Å². The zero-order valence-corrected chi connectivity index (χ0v) is 11.6. The molecule has 2 aromatic heterocycles. The molecule has 0 aliphatic carbocycles. The topological polar surface area (TPSA) is 52.0 Å². The molecule has 0 saturated heterocycles. The van der Waals surface area contributed by atoms with Gasteiger partial charge >= 0.3 is 0 Å². The van der Waals surface area contributed by atoms with Gasteiger partial charge in [-0.3, -0.25) is 0 Å². The summed E-state index contributed by atoms with van der Waals surface area (Å²) < 4.78 is 6.88. The summed E-state index contributed by atoms with van der Waals surface area (Å²) in [5.41, 5.74) is 7.25. The van der Waals surface area contributed by atoms with Crippen molar-refractivity contribution in [1.29, 1.82) is 0 Å². The summed E-state index contributed by atoms with van der Waals surface area (Å²) in [6.45, 7) is 2.08. The van der Waals surface area contributed by atoms with Gasteiger partial charge in [0, 0.05) is 12.8 Å². The predicted octanol–water partition coefficient (Wildman–Crippen LogP) is 3.69. The number of fused-ring (bicyclic) bond motifs is 1. The van der Waals surface area contributed by atoms with Crippen molar-refractivity contribution in [2.24, 2.45) is 5.73 Å². The number of para-hydroxylation sites is 1. The molecule has 0 bridgehead atoms. The molecule has 0 amide bonds. The molecular formula is C15H16N2OS. The monoisotopic (exact) mass is 272 g/mol. The summed E-state index contributed by atoms with van der Waals surface area (Å²) in [6, 6.07) is 12.0. The van der Waals surface area contributed by atoms with Crippen molar-refractivity contribution in [2.75, 3.05) is 0 Å². The second-order valence-electron chi connectivity index (χ2n) is 4.55. The van der Waals surface area contributed by atoms with E-state index in [0.717, 1.165) is 28.5 Å². The molecule has 0 aliphatic rings. The van der Waals surface area contributed by atoms with Crippen LogP contribution in [0.5, 0.6) is 0 Å². The van der Waals surface area contributed by atoms with Crippen LogP contribution in [-0.2, 0) is 12.8 Å². The quantitative estimate of drug-likeness (QED) is 0.788. The number of aromatic nitrogens is 1. The standard InChI is InChI=1S/C15H16N2OS/c1-2-10-7-8-11(18-10)9-12(16)15-17-13-5-3-4-6-14(13)19-15/h3-8,12H,2,9,16H2,1H3. The molecule has 0 aliphatic heterocycles. The van der Waals surface area contributed by atoms with Crippen LogP contribution in [0.25, 0.3) is 10.2 Å². The fourth-order valence-corrected chi connectivity index (χ4v) is 3.04. The molecule has 3 aromatic rings. The van der Waals surface area contributed by atoms with Crippen LogP contribution in [0.1, 0.15) is 29.5 Å². The Morgan fingerprint density at radius 2 is 2.00 bits per heavy atom. The van der Waals surface area contributed by atoms with Crippen LogP contribution in [0.15, 0.2) is 40.8 Å². The van der Waals surface area contributed by atoms with Gasteiger partial charge in [-0.25, -0.2) is 4.98 Å². The summed E-state index contributed by atoms with van der Waals surface area (Å²) in [5, 5.41) is 0.968. The van der Waals surface area contributed by atoms with Crippen LogP contribution in [0.2, 0.25) is 0 Å². The van der Waals surface area contributed by atoms with Gasteiger partial charge in [0.2, 0.25) is 0 Å². The average Bonchev–Trinajstić information content (AvgIpc) is 3.04. The van der Waals surface area contributed by atoms with E-state index < -0.39 is 0 Å². The number of furan rings is 1. The van der Waals surface area contributed by atoms with Gasteiger partial charge in [0.1, 0.15) is 16.5 Å². The third kappa shape index (κ3) is 2.55. The summed E-state index contributed by atoms with van der Waals surface area (Å²) in [6.07, 6.45) is 1.61. The SMILES string of the molecule is CCc1ccc(CC(N)c2nc3ccccc3s2)o1. The molecule has 0 saturated carbocycles. The fourth-order valence-electron chi connectivity index (χ4n) is 2.07. The van der Waals surface area contributed by atoms with Gasteiger partial charge in [-0.2, -0.15) is 0 Å². The van der Waals surface area contributed by atoms with Crippen LogP contribution in [-0.4, -0.2) is 4.98 Å². The van der Waals surface area contributed by atoms with E-state index in [-0.39, 0.29) is 6.04 Å². The third-order valence-electron chi connectivity index (χ3n) is 3.11. The lowest BCUT2D eigenvalue weighted by atomic mass is 10.2. The molecule has 3 rings (SSSR count). The number of aryl methyl sites for hydroxylation is 1. The lowest BCUT2D eigenvalue weighted by Gasteiger charge is -2.05. The van der Waals surface area contributed by atoms with Gasteiger partial charge in [-0.1, -0.05) is 19.1 Å². The first-order valence-corrected chi connectivity index (χ1v) is 7.26. The summed E-state index contributed by atoms with van der Waals surface area (Å²) in [5.74, 6) is 1.94. The highest BCUT2D eigenvalue weighted by molar-refractivity contribution is 7.18. The van der Waals surface area contributed by atoms with E-state index in [1.165, 1.54) is 4.70 Å². The maximum atomic E-state index is 6.23. The maximum Gasteiger partial charge on any atom is 0.111 e. The Kier molecular flexibility index (Phi) is 3.36. The Balaban J connectivity index is 1.81. The van der Waals surface area contributed by atoms with Crippen molar-refractivity contribution < 1.29 is 4.42 Å². The molecule has 3 nitrogen and oxygen atoms in total. The Morgan fingerprint density at radius 3 is 2.74 bits per heavy atom. The highest BCUT2D eigenvalue weighted by Crippen LogP contribution is 2.27.